The summed E-state index contributed by atoms with van der Waals surface area (Å²) in [7, 11) is 0. The van der Waals surface area contributed by atoms with Gasteiger partial charge < -0.3 is 10.6 Å². The molecule has 0 aliphatic carbocycles. The maximum Gasteiger partial charge on any atom is 0.323 e. The lowest BCUT2D eigenvalue weighted by molar-refractivity contribution is 0.262. The lowest BCUT2D eigenvalue weighted by Crippen LogP contribution is -2.19. The van der Waals surface area contributed by atoms with Crippen molar-refractivity contribution in [3.63, 3.8) is 0 Å². The molecule has 0 saturated carbocycles. The van der Waals surface area contributed by atoms with E-state index in [1.54, 1.807) is 16.9 Å². The number of benzene rings is 2. The number of urea groups is 1. The van der Waals surface area contributed by atoms with Gasteiger partial charge >= 0.3 is 6.03 Å². The number of carbonyl (C=O) groups excluding carboxylic acids is 1. The molecular weight excluding hydrogens is 402 g/mol. The predicted octanol–water partition coefficient (Wildman–Crippen LogP) is 4.81. The first kappa shape index (κ1) is 19.4. The normalized spacial score (nSPS) is 10.8. The van der Waals surface area contributed by atoms with E-state index in [4.69, 9.17) is 5.10 Å². The van der Waals surface area contributed by atoms with Crippen LogP contribution in [0.15, 0.2) is 85.2 Å². The fraction of sp³-hybridized carbons (Fsp3) is 0.0417. The number of nitrogens with one attached hydrogen (secondary N) is 2. The Bertz CT molecular complexity index is 1400. The fourth-order valence-electron chi connectivity index (χ4n) is 3.31. The summed E-state index contributed by atoms with van der Waals surface area (Å²) in [4.78, 5) is 16.4. The van der Waals surface area contributed by atoms with Crippen molar-refractivity contribution < 1.29 is 4.79 Å². The van der Waals surface area contributed by atoms with Gasteiger partial charge in [-0.05, 0) is 55.5 Å². The molecule has 3 heterocycles. The molecule has 0 unspecified atom stereocenters. The van der Waals surface area contributed by atoms with Gasteiger partial charge in [0.25, 0.3) is 0 Å². The van der Waals surface area contributed by atoms with E-state index in [1.165, 1.54) is 0 Å². The zero-order valence-electron chi connectivity index (χ0n) is 17.2. The summed E-state index contributed by atoms with van der Waals surface area (Å²) in [5.41, 5.74) is 5.63. The van der Waals surface area contributed by atoms with Gasteiger partial charge in [0.15, 0.2) is 11.5 Å². The molecule has 32 heavy (non-hydrogen) atoms. The van der Waals surface area contributed by atoms with Crippen LogP contribution in [0.3, 0.4) is 0 Å². The number of rotatable bonds is 4. The van der Waals surface area contributed by atoms with Crippen LogP contribution in [0.25, 0.3) is 28.3 Å². The third-order valence-corrected chi connectivity index (χ3v) is 4.93. The first-order valence-electron chi connectivity index (χ1n) is 10.0. The molecule has 2 aromatic carbocycles. The summed E-state index contributed by atoms with van der Waals surface area (Å²) in [6.07, 6.45) is 3.41. The molecule has 2 amide bonds. The molecule has 8 heteroatoms. The minimum Gasteiger partial charge on any atom is -0.308 e. The van der Waals surface area contributed by atoms with E-state index in [9.17, 15) is 4.79 Å². The Morgan fingerprint density at radius 1 is 0.812 bits per heavy atom. The van der Waals surface area contributed by atoms with Crippen LogP contribution >= 0.6 is 0 Å². The minimum atomic E-state index is -0.312. The highest BCUT2D eigenvalue weighted by molar-refractivity contribution is 6.00. The number of aryl methyl sites for hydroxylation is 1. The molecule has 0 fully saturated rings. The van der Waals surface area contributed by atoms with Crippen molar-refractivity contribution in [3.8, 4) is 22.6 Å². The summed E-state index contributed by atoms with van der Waals surface area (Å²) >= 11 is 0. The van der Waals surface area contributed by atoms with Gasteiger partial charge in [0, 0.05) is 34.9 Å². The van der Waals surface area contributed by atoms with Crippen molar-refractivity contribution in [2.45, 2.75) is 6.92 Å². The maximum absolute atomic E-state index is 12.4. The molecule has 0 radical (unpaired) electrons. The zero-order valence-corrected chi connectivity index (χ0v) is 17.2. The van der Waals surface area contributed by atoms with Gasteiger partial charge in [-0.25, -0.2) is 4.79 Å². The van der Waals surface area contributed by atoms with Crippen LogP contribution < -0.4 is 10.6 Å². The van der Waals surface area contributed by atoms with Gasteiger partial charge in [0.1, 0.15) is 0 Å². The average molecular weight is 421 g/mol. The largest absolute Gasteiger partial charge is 0.323 e. The highest BCUT2D eigenvalue weighted by Crippen LogP contribution is 2.23. The summed E-state index contributed by atoms with van der Waals surface area (Å²) < 4.78 is 1.70. The number of nitrogens with zero attached hydrogens (tertiary/aromatic N) is 5. The second kappa shape index (κ2) is 8.27. The number of anilines is 2. The number of fused-ring (bicyclic) bond motifs is 1. The molecule has 2 N–H and O–H groups in total. The van der Waals surface area contributed by atoms with E-state index in [0.29, 0.717) is 17.2 Å². The quantitative estimate of drug-likeness (QED) is 0.434. The van der Waals surface area contributed by atoms with Crippen molar-refractivity contribution in [3.05, 3.63) is 90.8 Å². The molecule has 5 aromatic rings. The molecule has 156 valence electrons. The predicted molar refractivity (Wildman–Crippen MR) is 123 cm³/mol. The topological polar surface area (TPSA) is 97.1 Å². The Kier molecular flexibility index (Phi) is 5.01. The molecule has 5 rings (SSSR count). The van der Waals surface area contributed by atoms with E-state index in [1.807, 2.05) is 79.7 Å². The Hall–Kier alpha value is -4.59. The molecule has 0 aliphatic rings. The number of pyridine rings is 1. The van der Waals surface area contributed by atoms with Gasteiger partial charge in [0.05, 0.1) is 5.69 Å². The van der Waals surface area contributed by atoms with Crippen molar-refractivity contribution in [2.75, 3.05) is 10.6 Å². The molecule has 3 aromatic heterocycles. The van der Waals surface area contributed by atoms with Gasteiger partial charge in [-0.1, -0.05) is 29.8 Å². The number of hydrogen-bond acceptors (Lipinski definition) is 5. The zero-order chi connectivity index (χ0) is 21.9. The van der Waals surface area contributed by atoms with Crippen LogP contribution in [0.2, 0.25) is 0 Å². The number of aromatic nitrogens is 5. The third-order valence-electron chi connectivity index (χ3n) is 4.93. The summed E-state index contributed by atoms with van der Waals surface area (Å²) in [6.45, 7) is 2.00. The van der Waals surface area contributed by atoms with Crippen LogP contribution in [0.1, 0.15) is 5.56 Å². The van der Waals surface area contributed by atoms with Gasteiger partial charge in [-0.15, -0.1) is 10.2 Å². The van der Waals surface area contributed by atoms with Gasteiger partial charge in [-0.3, -0.25) is 4.98 Å². The van der Waals surface area contributed by atoms with Crippen molar-refractivity contribution >= 4 is 23.1 Å². The van der Waals surface area contributed by atoms with Gasteiger partial charge in [0.2, 0.25) is 0 Å². The van der Waals surface area contributed by atoms with Crippen LogP contribution in [0.4, 0.5) is 16.2 Å². The molecule has 0 atom stereocenters. The van der Waals surface area contributed by atoms with Gasteiger partial charge in [-0.2, -0.15) is 9.61 Å². The van der Waals surface area contributed by atoms with Crippen molar-refractivity contribution in [1.29, 1.82) is 0 Å². The molecule has 0 bridgehead atoms. The van der Waals surface area contributed by atoms with Crippen molar-refractivity contribution in [1.82, 2.24) is 24.8 Å². The van der Waals surface area contributed by atoms with Crippen LogP contribution in [-0.4, -0.2) is 30.8 Å². The number of hydrogen-bond donors (Lipinski definition) is 2. The molecular formula is C24H19N7O. The van der Waals surface area contributed by atoms with E-state index >= 15 is 0 Å². The number of carbonyl (C=O) groups is 1. The SMILES string of the molecule is Cc1ccc(NC(=O)Nc2cccc(-c3ccc4nnc(-c5ccncc5)n4n3)c2)cc1. The molecule has 0 saturated heterocycles. The average Bonchev–Trinajstić information content (AvgIpc) is 3.25. The van der Waals surface area contributed by atoms with Crippen LogP contribution in [0, 0.1) is 6.92 Å². The maximum atomic E-state index is 12.4. The Morgan fingerprint density at radius 2 is 1.59 bits per heavy atom. The summed E-state index contributed by atoms with van der Waals surface area (Å²) in [5.74, 6) is 0.635. The lowest BCUT2D eigenvalue weighted by Gasteiger charge is -2.09. The van der Waals surface area contributed by atoms with Crippen LogP contribution in [-0.2, 0) is 0 Å². The highest BCUT2D eigenvalue weighted by atomic mass is 16.2. The van der Waals surface area contributed by atoms with Crippen molar-refractivity contribution in [2.24, 2.45) is 0 Å². The third kappa shape index (κ3) is 4.01. The van der Waals surface area contributed by atoms with Crippen LogP contribution in [0.5, 0.6) is 0 Å². The standard InChI is InChI=1S/C24H19N7O/c1-16-5-7-19(8-6-16)26-24(32)27-20-4-2-3-18(15-20)21-9-10-22-28-29-23(31(22)30-21)17-11-13-25-14-12-17/h2-15H,1H3,(H2,26,27,32). The summed E-state index contributed by atoms with van der Waals surface area (Å²) in [6, 6.07) is 22.3. The highest BCUT2D eigenvalue weighted by Gasteiger charge is 2.11. The lowest BCUT2D eigenvalue weighted by atomic mass is 10.1. The van der Waals surface area contributed by atoms with E-state index in [0.717, 1.165) is 28.1 Å². The molecule has 8 nitrogen and oxygen atoms in total. The molecule has 0 spiro atoms. The number of amides is 2. The first-order valence-corrected chi connectivity index (χ1v) is 10.0. The van der Waals surface area contributed by atoms with E-state index in [2.05, 4.69) is 25.8 Å². The first-order chi connectivity index (χ1) is 15.7. The summed E-state index contributed by atoms with van der Waals surface area (Å²) in [5, 5.41) is 18.9. The van der Waals surface area contributed by atoms with E-state index < -0.39 is 0 Å². The second-order valence-electron chi connectivity index (χ2n) is 7.27. The Labute approximate surface area is 184 Å². The molecule has 0 aliphatic heterocycles. The minimum absolute atomic E-state index is 0.312. The monoisotopic (exact) mass is 421 g/mol. The Morgan fingerprint density at radius 3 is 2.41 bits per heavy atom. The second-order valence-corrected chi connectivity index (χ2v) is 7.27. The fourth-order valence-corrected chi connectivity index (χ4v) is 3.31. The Balaban J connectivity index is 1.40. The smallest absolute Gasteiger partial charge is 0.308 e. The van der Waals surface area contributed by atoms with E-state index in [-0.39, 0.29) is 6.03 Å².